The van der Waals surface area contributed by atoms with Gasteiger partial charge in [0.1, 0.15) is 5.75 Å². The van der Waals surface area contributed by atoms with Gasteiger partial charge in [0.25, 0.3) is 0 Å². The van der Waals surface area contributed by atoms with Crippen molar-refractivity contribution in [2.45, 2.75) is 36.9 Å². The standard InChI is InChI=1S/C27H30F3NO3S/c1-21(23-10-4-3-5-11-23)19-31(20-22-9-6-12-24(17-22)27(28,29)30)15-8-16-34-25-13-7-14-26(18-25)35(2,32)33/h3-7,9-14,17-18,21H,8,15-16,19-20H2,1-2H3. The van der Waals surface area contributed by atoms with Gasteiger partial charge in [0.15, 0.2) is 9.84 Å². The number of benzene rings is 3. The van der Waals surface area contributed by atoms with Crippen LogP contribution >= 0.6 is 0 Å². The molecule has 3 aromatic carbocycles. The topological polar surface area (TPSA) is 46.6 Å². The van der Waals surface area contributed by atoms with Gasteiger partial charge in [-0.15, -0.1) is 0 Å². The molecule has 0 N–H and O–H groups in total. The first-order chi connectivity index (χ1) is 16.5. The van der Waals surface area contributed by atoms with Crippen LogP contribution in [0.3, 0.4) is 0 Å². The summed E-state index contributed by atoms with van der Waals surface area (Å²) in [5, 5.41) is 0. The van der Waals surface area contributed by atoms with E-state index < -0.39 is 21.6 Å². The summed E-state index contributed by atoms with van der Waals surface area (Å²) in [6.45, 7) is 4.11. The highest BCUT2D eigenvalue weighted by molar-refractivity contribution is 7.90. The maximum absolute atomic E-state index is 13.2. The number of hydrogen-bond donors (Lipinski definition) is 0. The number of rotatable bonds is 11. The Hall–Kier alpha value is -2.84. The highest BCUT2D eigenvalue weighted by atomic mass is 32.2. The number of alkyl halides is 3. The molecule has 0 heterocycles. The monoisotopic (exact) mass is 505 g/mol. The molecule has 0 saturated carbocycles. The molecule has 3 aromatic rings. The average molecular weight is 506 g/mol. The Labute approximate surface area is 205 Å². The van der Waals surface area contributed by atoms with Gasteiger partial charge < -0.3 is 4.74 Å². The van der Waals surface area contributed by atoms with E-state index in [-0.39, 0.29) is 10.8 Å². The predicted octanol–water partition coefficient (Wildman–Crippen LogP) is 6.18. The lowest BCUT2D eigenvalue weighted by molar-refractivity contribution is -0.137. The van der Waals surface area contributed by atoms with Crippen LogP contribution in [0.1, 0.15) is 36.0 Å². The summed E-state index contributed by atoms with van der Waals surface area (Å²) < 4.78 is 68.8. The minimum absolute atomic E-state index is 0.189. The van der Waals surface area contributed by atoms with Gasteiger partial charge >= 0.3 is 6.18 Å². The number of halogens is 3. The van der Waals surface area contributed by atoms with E-state index in [9.17, 15) is 21.6 Å². The maximum Gasteiger partial charge on any atom is 0.416 e. The molecule has 0 aliphatic heterocycles. The first-order valence-corrected chi connectivity index (χ1v) is 13.3. The van der Waals surface area contributed by atoms with Crippen LogP contribution in [0.15, 0.2) is 83.8 Å². The molecule has 1 unspecified atom stereocenters. The minimum atomic E-state index is -4.38. The summed E-state index contributed by atoms with van der Waals surface area (Å²) in [5.74, 6) is 0.657. The smallest absolute Gasteiger partial charge is 0.416 e. The second kappa shape index (κ2) is 11.7. The number of ether oxygens (including phenoxy) is 1. The van der Waals surface area contributed by atoms with Crippen molar-refractivity contribution in [1.82, 2.24) is 4.90 Å². The molecule has 0 fully saturated rings. The van der Waals surface area contributed by atoms with E-state index in [1.165, 1.54) is 24.3 Å². The number of nitrogens with zero attached hydrogens (tertiary/aromatic N) is 1. The lowest BCUT2D eigenvalue weighted by atomic mass is 10.00. The quantitative estimate of drug-likeness (QED) is 0.292. The molecule has 0 bridgehead atoms. The van der Waals surface area contributed by atoms with Crippen molar-refractivity contribution in [2.24, 2.45) is 0 Å². The number of hydrogen-bond acceptors (Lipinski definition) is 4. The van der Waals surface area contributed by atoms with Crippen LogP contribution in [0.2, 0.25) is 0 Å². The minimum Gasteiger partial charge on any atom is -0.494 e. The Balaban J connectivity index is 1.66. The van der Waals surface area contributed by atoms with Crippen molar-refractivity contribution in [3.8, 4) is 5.75 Å². The Morgan fingerprint density at radius 2 is 1.66 bits per heavy atom. The Morgan fingerprint density at radius 1 is 0.943 bits per heavy atom. The molecule has 3 rings (SSSR count). The first kappa shape index (κ1) is 26.8. The van der Waals surface area contributed by atoms with E-state index in [1.807, 2.05) is 30.3 Å². The summed E-state index contributed by atoms with van der Waals surface area (Å²) in [7, 11) is -3.33. The van der Waals surface area contributed by atoms with Crippen molar-refractivity contribution in [1.29, 1.82) is 0 Å². The van der Waals surface area contributed by atoms with E-state index in [4.69, 9.17) is 4.74 Å². The normalized spacial score (nSPS) is 13.1. The molecule has 0 saturated heterocycles. The van der Waals surface area contributed by atoms with Crippen molar-refractivity contribution < 1.29 is 26.3 Å². The van der Waals surface area contributed by atoms with Crippen LogP contribution in [-0.4, -0.2) is 39.3 Å². The molecule has 8 heteroatoms. The molecule has 0 amide bonds. The van der Waals surface area contributed by atoms with Gasteiger partial charge in [-0.25, -0.2) is 8.42 Å². The van der Waals surface area contributed by atoms with Crippen molar-refractivity contribution >= 4 is 9.84 Å². The fourth-order valence-corrected chi connectivity index (χ4v) is 4.54. The largest absolute Gasteiger partial charge is 0.494 e. The van der Waals surface area contributed by atoms with Gasteiger partial charge in [-0.1, -0.05) is 61.5 Å². The molecule has 0 aliphatic rings. The van der Waals surface area contributed by atoms with Crippen LogP contribution in [-0.2, 0) is 22.6 Å². The highest BCUT2D eigenvalue weighted by Crippen LogP contribution is 2.30. The first-order valence-electron chi connectivity index (χ1n) is 11.4. The van der Waals surface area contributed by atoms with Gasteiger partial charge in [0.2, 0.25) is 0 Å². The molecule has 0 aliphatic carbocycles. The zero-order valence-corrected chi connectivity index (χ0v) is 20.6. The third kappa shape index (κ3) is 8.40. The van der Waals surface area contributed by atoms with Crippen LogP contribution < -0.4 is 4.74 Å². The third-order valence-corrected chi connectivity index (χ3v) is 6.79. The van der Waals surface area contributed by atoms with E-state index in [0.717, 1.165) is 17.9 Å². The van der Waals surface area contributed by atoms with Gasteiger partial charge in [-0.3, -0.25) is 4.90 Å². The van der Waals surface area contributed by atoms with E-state index in [0.29, 0.717) is 44.0 Å². The van der Waals surface area contributed by atoms with E-state index in [1.54, 1.807) is 18.2 Å². The summed E-state index contributed by atoms with van der Waals surface area (Å²) in [6.07, 6.45) is -2.61. The molecular formula is C27H30F3NO3S. The Kier molecular flexibility index (Phi) is 8.97. The Bertz CT molecular complexity index is 1200. The van der Waals surface area contributed by atoms with Gasteiger partial charge in [0.05, 0.1) is 17.1 Å². The van der Waals surface area contributed by atoms with Gasteiger partial charge in [0, 0.05) is 25.9 Å². The predicted molar refractivity (Wildman–Crippen MR) is 131 cm³/mol. The lowest BCUT2D eigenvalue weighted by Crippen LogP contribution is -2.29. The number of sulfone groups is 1. The molecule has 0 radical (unpaired) electrons. The summed E-state index contributed by atoms with van der Waals surface area (Å²) >= 11 is 0. The van der Waals surface area contributed by atoms with Crippen LogP contribution in [0.4, 0.5) is 13.2 Å². The summed E-state index contributed by atoms with van der Waals surface area (Å²) in [6, 6.07) is 21.8. The molecule has 0 spiro atoms. The molecule has 1 atom stereocenters. The third-order valence-electron chi connectivity index (χ3n) is 5.68. The second-order valence-corrected chi connectivity index (χ2v) is 10.7. The van der Waals surface area contributed by atoms with Crippen LogP contribution in [0.5, 0.6) is 5.75 Å². The fraction of sp³-hybridized carbons (Fsp3) is 0.333. The van der Waals surface area contributed by atoms with Crippen molar-refractivity contribution in [3.05, 3.63) is 95.6 Å². The molecular weight excluding hydrogens is 475 g/mol. The zero-order chi connectivity index (χ0) is 25.5. The lowest BCUT2D eigenvalue weighted by Gasteiger charge is -2.26. The Morgan fingerprint density at radius 3 is 2.34 bits per heavy atom. The highest BCUT2D eigenvalue weighted by Gasteiger charge is 2.30. The van der Waals surface area contributed by atoms with E-state index >= 15 is 0 Å². The molecule has 188 valence electrons. The van der Waals surface area contributed by atoms with E-state index in [2.05, 4.69) is 11.8 Å². The molecule has 35 heavy (non-hydrogen) atoms. The maximum atomic E-state index is 13.2. The summed E-state index contributed by atoms with van der Waals surface area (Å²) in [5.41, 5.74) is 1.11. The van der Waals surface area contributed by atoms with Crippen molar-refractivity contribution in [3.63, 3.8) is 0 Å². The van der Waals surface area contributed by atoms with Crippen LogP contribution in [0.25, 0.3) is 0 Å². The fourth-order valence-electron chi connectivity index (χ4n) is 3.89. The van der Waals surface area contributed by atoms with Crippen LogP contribution in [0, 0.1) is 0 Å². The summed E-state index contributed by atoms with van der Waals surface area (Å²) in [4.78, 5) is 2.32. The zero-order valence-electron chi connectivity index (χ0n) is 19.8. The molecule has 4 nitrogen and oxygen atoms in total. The van der Waals surface area contributed by atoms with Gasteiger partial charge in [-0.05, 0) is 47.7 Å². The average Bonchev–Trinajstić information content (AvgIpc) is 2.81. The second-order valence-electron chi connectivity index (χ2n) is 8.69. The molecule has 0 aromatic heterocycles. The van der Waals surface area contributed by atoms with Gasteiger partial charge in [-0.2, -0.15) is 13.2 Å². The van der Waals surface area contributed by atoms with Crippen molar-refractivity contribution in [2.75, 3.05) is 26.0 Å². The SMILES string of the molecule is CC(CN(CCCOc1cccc(S(C)(=O)=O)c1)Cc1cccc(C(F)(F)F)c1)c1ccccc1.